The smallest absolute Gasteiger partial charge is 0.253 e. The molecule has 1 heterocycles. The number of amides is 3. The van der Waals surface area contributed by atoms with E-state index >= 15 is 0 Å². The van der Waals surface area contributed by atoms with Crippen molar-refractivity contribution in [3.05, 3.63) is 11.6 Å². The molecule has 5 nitrogen and oxygen atoms in total. The van der Waals surface area contributed by atoms with E-state index in [-0.39, 0.29) is 35.6 Å². The Morgan fingerprint density at radius 2 is 1.61 bits per heavy atom. The highest BCUT2D eigenvalue weighted by Gasteiger charge is 2.37. The summed E-state index contributed by atoms with van der Waals surface area (Å²) in [5.41, 5.74) is 1.03. The number of rotatable bonds is 16. The summed E-state index contributed by atoms with van der Waals surface area (Å²) in [6.45, 7) is 6.48. The zero-order valence-corrected chi connectivity index (χ0v) is 20.8. The van der Waals surface area contributed by atoms with Crippen LogP contribution in [-0.4, -0.2) is 35.2 Å². The number of terminal acetylenes is 2. The van der Waals surface area contributed by atoms with Crippen molar-refractivity contribution in [1.82, 2.24) is 10.2 Å². The Morgan fingerprint density at radius 1 is 1.00 bits per heavy atom. The quantitative estimate of drug-likeness (QED) is 0.263. The highest BCUT2D eigenvalue weighted by atomic mass is 16.2. The first-order valence-corrected chi connectivity index (χ1v) is 12.6. The van der Waals surface area contributed by atoms with E-state index in [1.807, 2.05) is 20.8 Å². The summed E-state index contributed by atoms with van der Waals surface area (Å²) in [5.74, 6) is 4.84. The van der Waals surface area contributed by atoms with E-state index < -0.39 is 0 Å². The van der Waals surface area contributed by atoms with Crippen LogP contribution in [0.2, 0.25) is 0 Å². The molecule has 0 radical (unpaired) electrons. The summed E-state index contributed by atoms with van der Waals surface area (Å²) in [4.78, 5) is 39.3. The second-order valence-electron chi connectivity index (χ2n) is 9.12. The maximum atomic E-state index is 13.0. The molecule has 1 aliphatic heterocycles. The minimum atomic E-state index is -0.194. The van der Waals surface area contributed by atoms with Crippen LogP contribution in [-0.2, 0) is 14.4 Å². The summed E-state index contributed by atoms with van der Waals surface area (Å²) in [7, 11) is 0. The zero-order chi connectivity index (χ0) is 24.6. The molecule has 0 unspecified atom stereocenters. The van der Waals surface area contributed by atoms with Gasteiger partial charge in [0.2, 0.25) is 11.8 Å². The summed E-state index contributed by atoms with van der Waals surface area (Å²) < 4.78 is 0. The van der Waals surface area contributed by atoms with E-state index in [0.29, 0.717) is 6.54 Å². The molecule has 182 valence electrons. The van der Waals surface area contributed by atoms with Gasteiger partial charge in [0.25, 0.3) is 5.91 Å². The third kappa shape index (κ3) is 9.87. The van der Waals surface area contributed by atoms with Gasteiger partial charge in [0.15, 0.2) is 0 Å². The van der Waals surface area contributed by atoms with Crippen LogP contribution in [0.4, 0.5) is 0 Å². The van der Waals surface area contributed by atoms with Crippen molar-refractivity contribution in [2.24, 2.45) is 11.8 Å². The summed E-state index contributed by atoms with van der Waals surface area (Å²) >= 11 is 0. The van der Waals surface area contributed by atoms with Gasteiger partial charge in [-0.1, -0.05) is 33.6 Å². The lowest BCUT2D eigenvalue weighted by Crippen LogP contribution is -2.43. The highest BCUT2D eigenvalue weighted by molar-refractivity contribution is 6.05. The van der Waals surface area contributed by atoms with Crippen LogP contribution in [0, 0.1) is 36.5 Å². The average Bonchev–Trinajstić information content (AvgIpc) is 3.13. The van der Waals surface area contributed by atoms with Crippen molar-refractivity contribution in [2.45, 2.75) is 104 Å². The van der Waals surface area contributed by atoms with Crippen molar-refractivity contribution in [2.75, 3.05) is 6.54 Å². The molecule has 0 fully saturated rings. The van der Waals surface area contributed by atoms with Gasteiger partial charge in [-0.15, -0.1) is 24.7 Å². The lowest BCUT2D eigenvalue weighted by molar-refractivity contribution is -0.145. The van der Waals surface area contributed by atoms with Gasteiger partial charge in [0, 0.05) is 37.3 Å². The van der Waals surface area contributed by atoms with Crippen molar-refractivity contribution < 1.29 is 14.4 Å². The second kappa shape index (κ2) is 16.1. The molecule has 0 spiro atoms. The molecule has 0 saturated heterocycles. The molecule has 1 aliphatic rings. The Morgan fingerprint density at radius 3 is 2.18 bits per heavy atom. The van der Waals surface area contributed by atoms with Crippen LogP contribution in [0.3, 0.4) is 0 Å². The Kier molecular flexibility index (Phi) is 13.9. The van der Waals surface area contributed by atoms with E-state index in [0.717, 1.165) is 82.6 Å². The molecule has 0 aliphatic carbocycles. The lowest BCUT2D eigenvalue weighted by atomic mass is 9.97. The first-order chi connectivity index (χ1) is 15.9. The summed E-state index contributed by atoms with van der Waals surface area (Å²) in [5, 5.41) is 3.01. The Labute approximate surface area is 201 Å². The number of hydrogen-bond donors (Lipinski definition) is 1. The summed E-state index contributed by atoms with van der Waals surface area (Å²) in [6, 6.07) is -0.158. The van der Waals surface area contributed by atoms with Gasteiger partial charge < -0.3 is 5.32 Å². The van der Waals surface area contributed by atoms with Gasteiger partial charge in [-0.3, -0.25) is 19.3 Å². The van der Waals surface area contributed by atoms with E-state index in [1.54, 1.807) is 6.08 Å². The van der Waals surface area contributed by atoms with E-state index in [4.69, 9.17) is 12.8 Å². The minimum absolute atomic E-state index is 0.0138. The molecule has 0 aromatic rings. The molecule has 3 amide bonds. The predicted octanol–water partition coefficient (Wildman–Crippen LogP) is 5.01. The van der Waals surface area contributed by atoms with Crippen molar-refractivity contribution in [3.63, 3.8) is 0 Å². The maximum absolute atomic E-state index is 13.0. The van der Waals surface area contributed by atoms with Crippen LogP contribution < -0.4 is 5.32 Å². The highest BCUT2D eigenvalue weighted by Crippen LogP contribution is 2.29. The summed E-state index contributed by atoms with van der Waals surface area (Å²) in [6.07, 6.45) is 22.1. The van der Waals surface area contributed by atoms with Crippen molar-refractivity contribution >= 4 is 17.7 Å². The fourth-order valence-corrected chi connectivity index (χ4v) is 4.25. The first kappa shape index (κ1) is 28.5. The third-order valence-electron chi connectivity index (χ3n) is 6.42. The van der Waals surface area contributed by atoms with Crippen LogP contribution in [0.1, 0.15) is 97.8 Å². The van der Waals surface area contributed by atoms with E-state index in [1.165, 1.54) is 4.90 Å². The maximum Gasteiger partial charge on any atom is 0.253 e. The molecule has 0 aromatic carbocycles. The number of carbonyl (C=O) groups is 3. The van der Waals surface area contributed by atoms with Crippen LogP contribution in [0.25, 0.3) is 0 Å². The number of hydrogen-bond acceptors (Lipinski definition) is 3. The van der Waals surface area contributed by atoms with Gasteiger partial charge >= 0.3 is 0 Å². The van der Waals surface area contributed by atoms with E-state index in [9.17, 15) is 14.4 Å². The van der Waals surface area contributed by atoms with Gasteiger partial charge in [0.1, 0.15) is 0 Å². The van der Waals surface area contributed by atoms with Gasteiger partial charge in [0.05, 0.1) is 6.04 Å². The van der Waals surface area contributed by atoms with Crippen LogP contribution >= 0.6 is 0 Å². The molecule has 1 rings (SSSR count). The second-order valence-corrected chi connectivity index (χ2v) is 9.12. The molecular weight excluding hydrogens is 412 g/mol. The van der Waals surface area contributed by atoms with Crippen molar-refractivity contribution in [1.29, 1.82) is 0 Å². The van der Waals surface area contributed by atoms with Gasteiger partial charge in [-0.25, -0.2) is 0 Å². The Hall–Kier alpha value is -2.53. The monoisotopic (exact) mass is 454 g/mol. The molecule has 3 atom stereocenters. The normalized spacial score (nSPS) is 17.1. The van der Waals surface area contributed by atoms with E-state index in [2.05, 4.69) is 17.2 Å². The fourth-order valence-electron chi connectivity index (χ4n) is 4.25. The molecule has 1 N–H and O–H groups in total. The molecule has 0 saturated carbocycles. The lowest BCUT2D eigenvalue weighted by Gasteiger charge is -2.28. The molecular formula is C28H42N2O3. The van der Waals surface area contributed by atoms with Crippen LogP contribution in [0.15, 0.2) is 11.6 Å². The average molecular weight is 455 g/mol. The van der Waals surface area contributed by atoms with Crippen LogP contribution in [0.5, 0.6) is 0 Å². The number of carbonyl (C=O) groups excluding carboxylic acids is 3. The topological polar surface area (TPSA) is 66.5 Å². The molecule has 33 heavy (non-hydrogen) atoms. The number of nitrogens with one attached hydrogen (secondary N) is 1. The fraction of sp³-hybridized carbons (Fsp3) is 0.679. The Bertz CT molecular complexity index is 756. The predicted molar refractivity (Wildman–Crippen MR) is 134 cm³/mol. The largest absolute Gasteiger partial charge is 0.356 e. The Balaban J connectivity index is 2.47. The standard InChI is InChI=1S/C28H42N2O3/c1-6-9-11-13-17-22(4)27(32)29-20-16-15-19-25-24(8-3)21-26(31)30(25)28(33)23(5)18-14-12-10-7-2/h1-2,21-23,25H,8-20H2,3-5H3,(H,29,32)/t22-,23+,25+/m1/s1. The first-order valence-electron chi connectivity index (χ1n) is 12.6. The minimum Gasteiger partial charge on any atom is -0.356 e. The zero-order valence-electron chi connectivity index (χ0n) is 20.8. The molecule has 0 aromatic heterocycles. The number of nitrogens with zero attached hydrogens (tertiary/aromatic N) is 1. The number of unbranched alkanes of at least 4 members (excludes halogenated alkanes) is 5. The number of imide groups is 1. The van der Waals surface area contributed by atoms with Crippen molar-refractivity contribution in [3.8, 4) is 24.7 Å². The third-order valence-corrected chi connectivity index (χ3v) is 6.42. The van der Waals surface area contributed by atoms with Gasteiger partial charge in [-0.2, -0.15) is 0 Å². The van der Waals surface area contributed by atoms with Gasteiger partial charge in [-0.05, 0) is 56.9 Å². The SMILES string of the molecule is C#CCCCC[C@@H](C)C(=O)NCCCC[C@H]1C(CC)=CC(=O)N1C(=O)[C@@H](C)CCCCC#C. The molecule has 0 bridgehead atoms. The molecule has 5 heteroatoms.